The molecule has 5 aliphatic rings. The van der Waals surface area contributed by atoms with E-state index in [2.05, 4.69) is 65.6 Å². The number of aliphatic hydroxyl groups is 1. The molecule has 5 heteroatoms. The highest BCUT2D eigenvalue weighted by atomic mass is 28.4. The monoisotopic (exact) mass is 570 g/mol. The van der Waals surface area contributed by atoms with Gasteiger partial charge in [-0.25, -0.2) is 0 Å². The number of rotatable bonds is 7. The van der Waals surface area contributed by atoms with Crippen LogP contribution in [0.15, 0.2) is 11.6 Å². The highest BCUT2D eigenvalue weighted by Gasteiger charge is 2.64. The van der Waals surface area contributed by atoms with Gasteiger partial charge >= 0.3 is 0 Å². The molecule has 1 heterocycles. The van der Waals surface area contributed by atoms with Gasteiger partial charge in [0.05, 0.1) is 13.2 Å². The molecule has 0 unspecified atom stereocenters. The summed E-state index contributed by atoms with van der Waals surface area (Å²) in [5.41, 5.74) is 0.932. The minimum atomic E-state index is -1.63. The highest BCUT2D eigenvalue weighted by Crippen LogP contribution is 2.67. The molecule has 0 aromatic carbocycles. The number of hydrogen-bond acceptors (Lipinski definition) is 4. The van der Waals surface area contributed by atoms with Crippen LogP contribution in [0.25, 0.3) is 0 Å². The first-order valence-electron chi connectivity index (χ1n) is 16.6. The first-order chi connectivity index (χ1) is 18.8. The van der Waals surface area contributed by atoms with E-state index in [1.807, 2.05) is 0 Å². The maximum Gasteiger partial charge on any atom is 0.191 e. The summed E-state index contributed by atoms with van der Waals surface area (Å²) in [6.45, 7) is 18.9. The molecule has 1 N–H and O–H groups in total. The average molecular weight is 571 g/mol. The Hall–Kier alpha value is -0.643. The Morgan fingerprint density at radius 3 is 2.40 bits per heavy atom. The second kappa shape index (κ2) is 11.1. The van der Waals surface area contributed by atoms with Crippen LogP contribution in [0.1, 0.15) is 118 Å². The summed E-state index contributed by atoms with van der Waals surface area (Å²) in [6, 6.07) is 0. The zero-order valence-corrected chi connectivity index (χ0v) is 27.8. The number of fused-ring (bicyclic) bond motifs is 5. The van der Waals surface area contributed by atoms with Crippen molar-refractivity contribution in [2.24, 2.45) is 28.6 Å². The van der Waals surface area contributed by atoms with E-state index in [0.29, 0.717) is 17.8 Å². The maximum absolute atomic E-state index is 12.0. The van der Waals surface area contributed by atoms with Gasteiger partial charge in [-0.05, 0) is 92.7 Å². The van der Waals surface area contributed by atoms with Gasteiger partial charge in [0.1, 0.15) is 5.60 Å². The van der Waals surface area contributed by atoms with Crippen molar-refractivity contribution in [3.05, 3.63) is 11.6 Å². The Kier molecular flexibility index (Phi) is 8.57. The van der Waals surface area contributed by atoms with Crippen molar-refractivity contribution in [1.29, 1.82) is 0 Å². The van der Waals surface area contributed by atoms with Gasteiger partial charge in [-0.15, -0.1) is 5.92 Å². The Bertz CT molecular complexity index is 1010. The number of allylic oxidation sites excluding steroid dienone is 1. The maximum atomic E-state index is 12.0. The lowest BCUT2D eigenvalue weighted by Gasteiger charge is -2.59. The predicted molar refractivity (Wildman–Crippen MR) is 165 cm³/mol. The first kappa shape index (κ1) is 30.8. The quantitative estimate of drug-likeness (QED) is 0.144. The van der Waals surface area contributed by atoms with E-state index >= 15 is 0 Å². The molecule has 6 atom stereocenters. The zero-order valence-electron chi connectivity index (χ0n) is 26.8. The molecular formula is C35H58O4Si. The lowest BCUT2D eigenvalue weighted by Crippen LogP contribution is -2.55. The molecule has 4 aliphatic carbocycles. The van der Waals surface area contributed by atoms with Crippen molar-refractivity contribution >= 4 is 8.32 Å². The fraction of sp³-hybridized carbons (Fsp3) is 0.886. The van der Waals surface area contributed by atoms with Crippen molar-refractivity contribution in [1.82, 2.24) is 0 Å². The van der Waals surface area contributed by atoms with Crippen LogP contribution in [0.3, 0.4) is 0 Å². The molecule has 40 heavy (non-hydrogen) atoms. The normalized spacial score (nSPS) is 38.7. The third kappa shape index (κ3) is 5.43. The molecule has 0 aromatic heterocycles. The summed E-state index contributed by atoms with van der Waals surface area (Å²) in [4.78, 5) is 0. The van der Waals surface area contributed by atoms with E-state index in [1.165, 1.54) is 19.3 Å². The molecule has 4 nitrogen and oxygen atoms in total. The van der Waals surface area contributed by atoms with Gasteiger partial charge in [-0.1, -0.05) is 65.0 Å². The Morgan fingerprint density at radius 1 is 0.975 bits per heavy atom. The molecule has 0 radical (unpaired) electrons. The lowest BCUT2D eigenvalue weighted by atomic mass is 9.47. The van der Waals surface area contributed by atoms with Crippen LogP contribution in [0.2, 0.25) is 18.1 Å². The summed E-state index contributed by atoms with van der Waals surface area (Å²) in [7, 11) is -1.63. The highest BCUT2D eigenvalue weighted by molar-refractivity contribution is 6.74. The van der Waals surface area contributed by atoms with Gasteiger partial charge in [0, 0.05) is 31.3 Å². The topological polar surface area (TPSA) is 47.9 Å². The molecule has 1 saturated heterocycles. The van der Waals surface area contributed by atoms with Gasteiger partial charge in [0.25, 0.3) is 0 Å². The average Bonchev–Trinajstić information content (AvgIpc) is 3.45. The van der Waals surface area contributed by atoms with Crippen LogP contribution in [0, 0.1) is 40.4 Å². The van der Waals surface area contributed by atoms with Crippen LogP contribution in [-0.4, -0.2) is 44.6 Å². The van der Waals surface area contributed by atoms with Gasteiger partial charge < -0.3 is 19.0 Å². The second-order valence-electron chi connectivity index (χ2n) is 16.0. The SMILES string of the molecule is CC(C)(C)[Si](C)(C)OCCCCCCC#C[C@]1(O)CC[C@H]2[C@@H]3CC=C4CC5(CC[C@]4(C)[C@H]3CC[C@@]21C)OCCO5. The summed E-state index contributed by atoms with van der Waals surface area (Å²) in [5.74, 6) is 8.51. The number of hydrogen-bond donors (Lipinski definition) is 1. The molecule has 0 bridgehead atoms. The van der Waals surface area contributed by atoms with E-state index in [4.69, 9.17) is 13.9 Å². The molecular weight excluding hydrogens is 512 g/mol. The summed E-state index contributed by atoms with van der Waals surface area (Å²) < 4.78 is 18.5. The Labute approximate surface area is 246 Å². The molecule has 226 valence electrons. The second-order valence-corrected chi connectivity index (χ2v) is 20.8. The smallest absolute Gasteiger partial charge is 0.191 e. The molecule has 0 amide bonds. The van der Waals surface area contributed by atoms with Crippen molar-refractivity contribution < 1.29 is 19.0 Å². The van der Waals surface area contributed by atoms with Crippen molar-refractivity contribution in [3.63, 3.8) is 0 Å². The van der Waals surface area contributed by atoms with E-state index < -0.39 is 13.9 Å². The van der Waals surface area contributed by atoms with Gasteiger partial charge in [0.15, 0.2) is 14.1 Å². The van der Waals surface area contributed by atoms with Crippen molar-refractivity contribution in [2.75, 3.05) is 19.8 Å². The Morgan fingerprint density at radius 2 is 1.68 bits per heavy atom. The minimum absolute atomic E-state index is 0.0858. The van der Waals surface area contributed by atoms with Crippen LogP contribution < -0.4 is 0 Å². The standard InChI is InChI=1S/C35H58O4Si/c1-31(2,3)40(6,7)39-23-13-11-9-8-10-12-18-34(36)20-17-30-28-15-14-27-26-35(37-24-25-38-35)22-21-32(27,4)29(28)16-19-33(30,34)5/h14,28-30,36H,8-11,13,15-17,19-26H2,1-7H3/t28-,29+,30+,32+,33+,34+/m1/s1. The third-order valence-electron chi connectivity index (χ3n) is 12.8. The molecule has 4 fully saturated rings. The van der Waals surface area contributed by atoms with Crippen molar-refractivity contribution in [3.8, 4) is 11.8 Å². The van der Waals surface area contributed by atoms with Crippen molar-refractivity contribution in [2.45, 2.75) is 148 Å². The summed E-state index contributed by atoms with van der Waals surface area (Å²) in [6.07, 6.45) is 16.7. The zero-order chi connectivity index (χ0) is 28.9. The summed E-state index contributed by atoms with van der Waals surface area (Å²) in [5, 5.41) is 12.2. The van der Waals surface area contributed by atoms with Crippen LogP contribution in [0.4, 0.5) is 0 Å². The van der Waals surface area contributed by atoms with Gasteiger partial charge in [0.2, 0.25) is 0 Å². The van der Waals surface area contributed by atoms with Crippen LogP contribution >= 0.6 is 0 Å². The number of unbranched alkanes of at least 4 members (excludes halogenated alkanes) is 4. The largest absolute Gasteiger partial charge is 0.417 e. The van der Waals surface area contributed by atoms with E-state index in [0.717, 1.165) is 84.0 Å². The predicted octanol–water partition coefficient (Wildman–Crippen LogP) is 8.40. The summed E-state index contributed by atoms with van der Waals surface area (Å²) >= 11 is 0. The first-order valence-corrected chi connectivity index (χ1v) is 19.5. The van der Waals surface area contributed by atoms with Gasteiger partial charge in [-0.2, -0.15) is 0 Å². The molecule has 0 aromatic rings. The van der Waals surface area contributed by atoms with Crippen LogP contribution in [0.5, 0.6) is 0 Å². The fourth-order valence-corrected chi connectivity index (χ4v) is 10.1. The lowest BCUT2D eigenvalue weighted by molar-refractivity contribution is -0.186. The third-order valence-corrected chi connectivity index (χ3v) is 17.4. The van der Waals surface area contributed by atoms with E-state index in [-0.39, 0.29) is 21.7 Å². The molecule has 1 spiro atoms. The van der Waals surface area contributed by atoms with E-state index in [9.17, 15) is 5.11 Å². The van der Waals surface area contributed by atoms with Crippen LogP contribution in [-0.2, 0) is 13.9 Å². The molecule has 3 saturated carbocycles. The minimum Gasteiger partial charge on any atom is -0.417 e. The van der Waals surface area contributed by atoms with Gasteiger partial charge in [-0.3, -0.25) is 0 Å². The fourth-order valence-electron chi connectivity index (χ4n) is 8.99. The molecule has 5 rings (SSSR count). The number of ether oxygens (including phenoxy) is 2. The Balaban J connectivity index is 1.13. The van der Waals surface area contributed by atoms with E-state index in [1.54, 1.807) is 5.57 Å². The molecule has 1 aliphatic heterocycles.